The number of rotatable bonds is 5. The van der Waals surface area contributed by atoms with Gasteiger partial charge in [0.2, 0.25) is 0 Å². The number of hydrogen-bond donors (Lipinski definition) is 1. The average Bonchev–Trinajstić information content (AvgIpc) is 2.73. The molecule has 0 atom stereocenters. The van der Waals surface area contributed by atoms with Gasteiger partial charge >= 0.3 is 0 Å². The van der Waals surface area contributed by atoms with E-state index >= 15 is 0 Å². The quantitative estimate of drug-likeness (QED) is 0.919. The molecule has 2 aromatic rings. The van der Waals surface area contributed by atoms with E-state index < -0.39 is 0 Å². The standard InChI is InChI=1S/C16H21ClN2O2/c1-5-19-14(15(17)12(4)18-19)9-21-16-10(2)6-13(8-20)7-11(16)3/h6-7,20H,5,8-9H2,1-4H3. The summed E-state index contributed by atoms with van der Waals surface area (Å²) in [5.41, 5.74) is 4.62. The van der Waals surface area contributed by atoms with Crippen molar-refractivity contribution in [1.29, 1.82) is 0 Å². The second-order valence-electron chi connectivity index (χ2n) is 5.17. The fourth-order valence-corrected chi connectivity index (χ4v) is 2.70. The van der Waals surface area contributed by atoms with E-state index in [-0.39, 0.29) is 6.61 Å². The molecule has 0 amide bonds. The van der Waals surface area contributed by atoms with Crippen LogP contribution in [0.2, 0.25) is 5.02 Å². The van der Waals surface area contributed by atoms with Crippen LogP contribution >= 0.6 is 11.6 Å². The third kappa shape index (κ3) is 3.22. The molecule has 0 aliphatic heterocycles. The molecule has 1 aromatic heterocycles. The SMILES string of the molecule is CCn1nc(C)c(Cl)c1COc1c(C)cc(CO)cc1C. The lowest BCUT2D eigenvalue weighted by Crippen LogP contribution is -2.08. The van der Waals surface area contributed by atoms with Crippen LogP contribution in [0.3, 0.4) is 0 Å². The molecular formula is C16H21ClN2O2. The first-order chi connectivity index (χ1) is 9.97. The summed E-state index contributed by atoms with van der Waals surface area (Å²) in [7, 11) is 0. The summed E-state index contributed by atoms with van der Waals surface area (Å²) in [4.78, 5) is 0. The maximum atomic E-state index is 9.22. The van der Waals surface area contributed by atoms with Crippen molar-refractivity contribution in [3.63, 3.8) is 0 Å². The molecule has 1 N–H and O–H groups in total. The van der Waals surface area contributed by atoms with Crippen molar-refractivity contribution in [2.75, 3.05) is 0 Å². The highest BCUT2D eigenvalue weighted by Crippen LogP contribution is 2.27. The van der Waals surface area contributed by atoms with Crippen LogP contribution in [0, 0.1) is 20.8 Å². The minimum Gasteiger partial charge on any atom is -0.487 e. The number of halogens is 1. The Hall–Kier alpha value is -1.52. The van der Waals surface area contributed by atoms with Gasteiger partial charge in [-0.3, -0.25) is 4.68 Å². The van der Waals surface area contributed by atoms with Crippen molar-refractivity contribution in [3.8, 4) is 5.75 Å². The van der Waals surface area contributed by atoms with Crippen molar-refractivity contribution < 1.29 is 9.84 Å². The Morgan fingerprint density at radius 2 is 1.86 bits per heavy atom. The zero-order valence-electron chi connectivity index (χ0n) is 12.9. The van der Waals surface area contributed by atoms with E-state index in [0.29, 0.717) is 11.6 Å². The molecule has 0 aliphatic carbocycles. The molecule has 0 saturated heterocycles. The number of nitrogens with zero attached hydrogens (tertiary/aromatic N) is 2. The van der Waals surface area contributed by atoms with E-state index in [1.165, 1.54) is 0 Å². The van der Waals surface area contributed by atoms with Crippen LogP contribution < -0.4 is 4.74 Å². The van der Waals surface area contributed by atoms with Gasteiger partial charge in [-0.25, -0.2) is 0 Å². The highest BCUT2D eigenvalue weighted by atomic mass is 35.5. The van der Waals surface area contributed by atoms with Gasteiger partial charge in [0.15, 0.2) is 0 Å². The molecule has 0 bridgehead atoms. The number of benzene rings is 1. The summed E-state index contributed by atoms with van der Waals surface area (Å²) in [6.45, 7) is 9.05. The monoisotopic (exact) mass is 308 g/mol. The summed E-state index contributed by atoms with van der Waals surface area (Å²) in [6.07, 6.45) is 0. The Balaban J connectivity index is 2.25. The zero-order valence-corrected chi connectivity index (χ0v) is 13.7. The maximum absolute atomic E-state index is 9.22. The van der Waals surface area contributed by atoms with E-state index in [0.717, 1.165) is 40.4 Å². The Labute approximate surface area is 130 Å². The highest BCUT2D eigenvalue weighted by molar-refractivity contribution is 6.31. The van der Waals surface area contributed by atoms with Crippen molar-refractivity contribution in [2.45, 2.75) is 47.5 Å². The Bertz CT molecular complexity index is 627. The normalized spacial score (nSPS) is 11.0. The fourth-order valence-electron chi connectivity index (χ4n) is 2.51. The van der Waals surface area contributed by atoms with Crippen molar-refractivity contribution >= 4 is 11.6 Å². The molecule has 0 spiro atoms. The molecule has 0 unspecified atom stereocenters. The molecular weight excluding hydrogens is 288 g/mol. The lowest BCUT2D eigenvalue weighted by atomic mass is 10.1. The summed E-state index contributed by atoms with van der Waals surface area (Å²) in [5, 5.41) is 14.3. The van der Waals surface area contributed by atoms with Crippen molar-refractivity contribution in [1.82, 2.24) is 9.78 Å². The van der Waals surface area contributed by atoms with Crippen LogP contribution in [-0.4, -0.2) is 14.9 Å². The molecule has 1 aromatic carbocycles. The lowest BCUT2D eigenvalue weighted by Gasteiger charge is -2.14. The van der Waals surface area contributed by atoms with Gasteiger partial charge in [0.1, 0.15) is 12.4 Å². The van der Waals surface area contributed by atoms with Crippen LogP contribution in [0.15, 0.2) is 12.1 Å². The molecule has 0 aliphatic rings. The minimum atomic E-state index is 0.0373. The number of aliphatic hydroxyl groups is 1. The van der Waals surface area contributed by atoms with Gasteiger partial charge in [-0.2, -0.15) is 5.10 Å². The van der Waals surface area contributed by atoms with Crippen LogP contribution in [0.4, 0.5) is 0 Å². The van der Waals surface area contributed by atoms with Crippen molar-refractivity contribution in [3.05, 3.63) is 45.2 Å². The van der Waals surface area contributed by atoms with Gasteiger partial charge in [-0.05, 0) is 44.4 Å². The number of aryl methyl sites for hydroxylation is 4. The third-order valence-corrected chi connectivity index (χ3v) is 4.00. The number of ether oxygens (including phenoxy) is 1. The molecule has 0 saturated carbocycles. The van der Waals surface area contributed by atoms with Crippen LogP contribution in [0.5, 0.6) is 5.75 Å². The molecule has 4 nitrogen and oxygen atoms in total. The fraction of sp³-hybridized carbons (Fsp3) is 0.438. The van der Waals surface area contributed by atoms with Gasteiger partial charge < -0.3 is 9.84 Å². The first-order valence-electron chi connectivity index (χ1n) is 7.03. The Morgan fingerprint density at radius 3 is 2.38 bits per heavy atom. The second-order valence-corrected chi connectivity index (χ2v) is 5.55. The van der Waals surface area contributed by atoms with Crippen LogP contribution in [-0.2, 0) is 19.8 Å². The van der Waals surface area contributed by atoms with Crippen LogP contribution in [0.1, 0.15) is 35.0 Å². The van der Waals surface area contributed by atoms with E-state index in [4.69, 9.17) is 16.3 Å². The molecule has 1 heterocycles. The molecule has 21 heavy (non-hydrogen) atoms. The minimum absolute atomic E-state index is 0.0373. The zero-order chi connectivity index (χ0) is 15.6. The Kier molecular flexibility index (Phi) is 4.91. The summed E-state index contributed by atoms with van der Waals surface area (Å²) >= 11 is 6.29. The largest absolute Gasteiger partial charge is 0.487 e. The Morgan fingerprint density at radius 1 is 1.24 bits per heavy atom. The molecule has 114 valence electrons. The highest BCUT2D eigenvalue weighted by Gasteiger charge is 2.14. The molecule has 5 heteroatoms. The first kappa shape index (κ1) is 15.9. The van der Waals surface area contributed by atoms with Crippen molar-refractivity contribution in [2.24, 2.45) is 0 Å². The molecule has 0 radical (unpaired) electrons. The third-order valence-electron chi connectivity index (χ3n) is 3.51. The van der Waals surface area contributed by atoms with Gasteiger partial charge in [0.25, 0.3) is 0 Å². The number of aliphatic hydroxyl groups excluding tert-OH is 1. The number of aromatic nitrogens is 2. The first-order valence-corrected chi connectivity index (χ1v) is 7.41. The second kappa shape index (κ2) is 6.50. The van der Waals surface area contributed by atoms with E-state index in [1.807, 2.05) is 44.5 Å². The summed E-state index contributed by atoms with van der Waals surface area (Å²) in [6, 6.07) is 3.87. The average molecular weight is 309 g/mol. The summed E-state index contributed by atoms with van der Waals surface area (Å²) in [5.74, 6) is 0.838. The predicted octanol–water partition coefficient (Wildman–Crippen LogP) is 3.55. The van der Waals surface area contributed by atoms with Gasteiger partial charge in [0, 0.05) is 6.54 Å². The van der Waals surface area contributed by atoms with Gasteiger partial charge in [-0.15, -0.1) is 0 Å². The van der Waals surface area contributed by atoms with E-state index in [2.05, 4.69) is 5.10 Å². The van der Waals surface area contributed by atoms with Crippen LogP contribution in [0.25, 0.3) is 0 Å². The predicted molar refractivity (Wildman–Crippen MR) is 83.8 cm³/mol. The van der Waals surface area contributed by atoms with Gasteiger partial charge in [0.05, 0.1) is 23.0 Å². The summed E-state index contributed by atoms with van der Waals surface area (Å²) < 4.78 is 7.83. The van der Waals surface area contributed by atoms with E-state index in [1.54, 1.807) is 0 Å². The van der Waals surface area contributed by atoms with Gasteiger partial charge in [-0.1, -0.05) is 23.7 Å². The van der Waals surface area contributed by atoms with E-state index in [9.17, 15) is 5.11 Å². The topological polar surface area (TPSA) is 47.3 Å². The molecule has 2 rings (SSSR count). The number of hydrogen-bond acceptors (Lipinski definition) is 3. The maximum Gasteiger partial charge on any atom is 0.131 e. The smallest absolute Gasteiger partial charge is 0.131 e. The molecule has 0 fully saturated rings. The lowest BCUT2D eigenvalue weighted by molar-refractivity contribution is 0.278.